The lowest BCUT2D eigenvalue weighted by Gasteiger charge is -2.28. The molecule has 20 heavy (non-hydrogen) atoms. The minimum Gasteiger partial charge on any atom is -0.460 e. The number of ether oxygens (including phenoxy) is 2. The van der Waals surface area contributed by atoms with Crippen LogP contribution >= 0.6 is 0 Å². The van der Waals surface area contributed by atoms with Gasteiger partial charge in [0.2, 0.25) is 0 Å². The van der Waals surface area contributed by atoms with Crippen molar-refractivity contribution in [1.29, 1.82) is 0 Å². The van der Waals surface area contributed by atoms with Crippen molar-refractivity contribution in [2.45, 2.75) is 84.8 Å². The van der Waals surface area contributed by atoms with E-state index < -0.39 is 11.2 Å². The number of rotatable bonds is 10. The number of ketones is 1. The number of carbonyl (C=O) groups excluding carboxylic acids is 2. The van der Waals surface area contributed by atoms with E-state index in [1.807, 2.05) is 27.7 Å². The fourth-order valence-electron chi connectivity index (χ4n) is 1.77. The third-order valence-corrected chi connectivity index (χ3v) is 3.16. The van der Waals surface area contributed by atoms with E-state index in [2.05, 4.69) is 0 Å². The highest BCUT2D eigenvalue weighted by Gasteiger charge is 2.29. The summed E-state index contributed by atoms with van der Waals surface area (Å²) < 4.78 is 11.1. The van der Waals surface area contributed by atoms with E-state index in [1.54, 1.807) is 13.8 Å². The summed E-state index contributed by atoms with van der Waals surface area (Å²) in [5, 5.41) is 0. The quantitative estimate of drug-likeness (QED) is 0.575. The van der Waals surface area contributed by atoms with Crippen LogP contribution in [0.4, 0.5) is 0 Å². The monoisotopic (exact) mass is 286 g/mol. The van der Waals surface area contributed by atoms with E-state index >= 15 is 0 Å². The Kier molecular flexibility index (Phi) is 8.02. The molecule has 0 N–H and O–H groups in total. The molecule has 0 amide bonds. The molecule has 0 aromatic carbocycles. The van der Waals surface area contributed by atoms with Crippen LogP contribution in [0.2, 0.25) is 0 Å². The molecule has 0 unspecified atom stereocenters. The lowest BCUT2D eigenvalue weighted by molar-refractivity contribution is -0.160. The Morgan fingerprint density at radius 3 is 2.00 bits per heavy atom. The molecule has 0 spiro atoms. The molecule has 0 saturated heterocycles. The largest absolute Gasteiger partial charge is 0.460 e. The van der Waals surface area contributed by atoms with E-state index in [-0.39, 0.29) is 11.8 Å². The van der Waals surface area contributed by atoms with Crippen molar-refractivity contribution >= 4 is 11.8 Å². The van der Waals surface area contributed by atoms with Gasteiger partial charge in [0.1, 0.15) is 11.2 Å². The number of Topliss-reactive ketones (excluding diaryl/α,β-unsaturated/α-hetero) is 1. The van der Waals surface area contributed by atoms with Gasteiger partial charge in [0.15, 0.2) is 5.78 Å². The maximum absolute atomic E-state index is 11.9. The lowest BCUT2D eigenvalue weighted by Crippen LogP contribution is -2.37. The van der Waals surface area contributed by atoms with E-state index in [4.69, 9.17) is 9.47 Å². The van der Waals surface area contributed by atoms with Crippen LogP contribution in [0.1, 0.15) is 73.6 Å². The first kappa shape index (κ1) is 19.1. The van der Waals surface area contributed by atoms with Crippen LogP contribution in [0.5, 0.6) is 0 Å². The van der Waals surface area contributed by atoms with Gasteiger partial charge in [-0.25, -0.2) is 0 Å². The van der Waals surface area contributed by atoms with E-state index in [0.717, 1.165) is 12.8 Å². The van der Waals surface area contributed by atoms with Gasteiger partial charge in [-0.1, -0.05) is 13.8 Å². The van der Waals surface area contributed by atoms with Crippen molar-refractivity contribution < 1.29 is 19.1 Å². The Balaban J connectivity index is 4.20. The molecule has 0 aliphatic carbocycles. The summed E-state index contributed by atoms with van der Waals surface area (Å²) in [7, 11) is 0. The Morgan fingerprint density at radius 2 is 1.50 bits per heavy atom. The molecular formula is C16H30O4. The maximum atomic E-state index is 11.9. The molecule has 0 saturated carbocycles. The Hall–Kier alpha value is -0.900. The molecule has 0 aliphatic rings. The molecule has 0 fully saturated rings. The van der Waals surface area contributed by atoms with Gasteiger partial charge < -0.3 is 9.47 Å². The standard InChI is InChI=1S/C16H30O4/c1-7-9-13(17)16(5,6)19-12-11-15(3,4)20-14(18)10-8-2/h7-12H2,1-6H3. The zero-order chi connectivity index (χ0) is 15.8. The van der Waals surface area contributed by atoms with Crippen molar-refractivity contribution in [1.82, 2.24) is 0 Å². The van der Waals surface area contributed by atoms with E-state index in [1.165, 1.54) is 0 Å². The summed E-state index contributed by atoms with van der Waals surface area (Å²) in [6.07, 6.45) is 3.15. The van der Waals surface area contributed by atoms with Crippen LogP contribution in [-0.4, -0.2) is 29.6 Å². The van der Waals surface area contributed by atoms with Crippen LogP contribution in [0.3, 0.4) is 0 Å². The zero-order valence-electron chi connectivity index (χ0n) is 13.9. The second kappa shape index (κ2) is 8.40. The molecule has 0 atom stereocenters. The van der Waals surface area contributed by atoms with Crippen molar-refractivity contribution in [2.24, 2.45) is 0 Å². The number of esters is 1. The van der Waals surface area contributed by atoms with Crippen LogP contribution in [-0.2, 0) is 19.1 Å². The summed E-state index contributed by atoms with van der Waals surface area (Å²) >= 11 is 0. The van der Waals surface area contributed by atoms with Gasteiger partial charge in [-0.2, -0.15) is 0 Å². The highest BCUT2D eigenvalue weighted by atomic mass is 16.6. The summed E-state index contributed by atoms with van der Waals surface area (Å²) in [5.74, 6) is -0.0698. The van der Waals surface area contributed by atoms with Gasteiger partial charge in [0.25, 0.3) is 0 Å². The maximum Gasteiger partial charge on any atom is 0.306 e. The second-order valence-electron chi connectivity index (χ2n) is 6.27. The molecule has 4 nitrogen and oxygen atoms in total. The SMILES string of the molecule is CCCC(=O)OC(C)(C)CCOC(C)(C)C(=O)CCC. The van der Waals surface area contributed by atoms with Gasteiger partial charge in [-0.3, -0.25) is 9.59 Å². The first-order chi connectivity index (χ1) is 9.14. The lowest BCUT2D eigenvalue weighted by atomic mass is 9.99. The molecule has 0 heterocycles. The van der Waals surface area contributed by atoms with Gasteiger partial charge in [0, 0.05) is 19.3 Å². The summed E-state index contributed by atoms with van der Waals surface area (Å²) in [4.78, 5) is 23.4. The minimum atomic E-state index is -0.764. The topological polar surface area (TPSA) is 52.6 Å². The smallest absolute Gasteiger partial charge is 0.306 e. The van der Waals surface area contributed by atoms with Crippen molar-refractivity contribution in [3.63, 3.8) is 0 Å². The fraction of sp³-hybridized carbons (Fsp3) is 0.875. The number of hydrogen-bond donors (Lipinski definition) is 0. The Bertz CT molecular complexity index is 318. The number of carbonyl (C=O) groups is 2. The molecule has 4 heteroatoms. The van der Waals surface area contributed by atoms with Crippen LogP contribution < -0.4 is 0 Å². The van der Waals surface area contributed by atoms with Crippen molar-refractivity contribution in [3.8, 4) is 0 Å². The second-order valence-corrected chi connectivity index (χ2v) is 6.27. The summed E-state index contributed by atoms with van der Waals surface area (Å²) in [6.45, 7) is 11.6. The van der Waals surface area contributed by atoms with Crippen LogP contribution in [0, 0.1) is 0 Å². The average Bonchev–Trinajstić information content (AvgIpc) is 2.27. The molecule has 118 valence electrons. The van der Waals surface area contributed by atoms with Gasteiger partial charge in [0.05, 0.1) is 6.61 Å². The third kappa shape index (κ3) is 7.63. The van der Waals surface area contributed by atoms with E-state index in [0.29, 0.717) is 25.9 Å². The Labute approximate surface area is 123 Å². The van der Waals surface area contributed by atoms with Crippen LogP contribution in [0.15, 0.2) is 0 Å². The predicted molar refractivity (Wildman–Crippen MR) is 79.6 cm³/mol. The highest BCUT2D eigenvalue weighted by molar-refractivity contribution is 5.86. The van der Waals surface area contributed by atoms with Crippen LogP contribution in [0.25, 0.3) is 0 Å². The molecular weight excluding hydrogens is 256 g/mol. The minimum absolute atomic E-state index is 0.112. The highest BCUT2D eigenvalue weighted by Crippen LogP contribution is 2.20. The zero-order valence-corrected chi connectivity index (χ0v) is 13.9. The predicted octanol–water partition coefficient (Wildman–Crippen LogP) is 3.66. The van der Waals surface area contributed by atoms with Crippen molar-refractivity contribution in [2.75, 3.05) is 6.61 Å². The third-order valence-electron chi connectivity index (χ3n) is 3.16. The average molecular weight is 286 g/mol. The molecule has 0 bridgehead atoms. The molecule has 0 radical (unpaired) electrons. The van der Waals surface area contributed by atoms with Gasteiger partial charge >= 0.3 is 5.97 Å². The van der Waals surface area contributed by atoms with Crippen molar-refractivity contribution in [3.05, 3.63) is 0 Å². The van der Waals surface area contributed by atoms with Gasteiger partial charge in [-0.05, 0) is 40.5 Å². The first-order valence-corrected chi connectivity index (χ1v) is 7.53. The molecule has 0 rings (SSSR count). The van der Waals surface area contributed by atoms with Gasteiger partial charge in [-0.15, -0.1) is 0 Å². The first-order valence-electron chi connectivity index (χ1n) is 7.53. The molecule has 0 aromatic rings. The summed E-state index contributed by atoms with van der Waals surface area (Å²) in [5.41, 5.74) is -1.32. The molecule has 0 aromatic heterocycles. The molecule has 0 aliphatic heterocycles. The summed E-state index contributed by atoms with van der Waals surface area (Å²) in [6, 6.07) is 0. The normalized spacial score (nSPS) is 12.3. The van der Waals surface area contributed by atoms with E-state index in [9.17, 15) is 9.59 Å². The Morgan fingerprint density at radius 1 is 0.950 bits per heavy atom. The fourth-order valence-corrected chi connectivity index (χ4v) is 1.77. The number of hydrogen-bond acceptors (Lipinski definition) is 4.